The maximum atomic E-state index is 13.4. The predicted octanol–water partition coefficient (Wildman–Crippen LogP) is 2.63. The molecule has 1 saturated heterocycles. The van der Waals surface area contributed by atoms with Crippen LogP contribution in [0.3, 0.4) is 0 Å². The summed E-state index contributed by atoms with van der Waals surface area (Å²) in [5, 5.41) is 4.14. The molecule has 2 aliphatic rings. The van der Waals surface area contributed by atoms with Gasteiger partial charge < -0.3 is 9.26 Å². The molecule has 1 aromatic heterocycles. The monoisotopic (exact) mass is 405 g/mol. The van der Waals surface area contributed by atoms with Crippen molar-refractivity contribution < 1.29 is 17.7 Å². The smallest absolute Gasteiger partial charge is 0.243 e. The van der Waals surface area contributed by atoms with Gasteiger partial charge in [-0.25, -0.2) is 8.42 Å². The Labute approximate surface area is 166 Å². The summed E-state index contributed by atoms with van der Waals surface area (Å²) in [5.41, 5.74) is 1.95. The summed E-state index contributed by atoms with van der Waals surface area (Å²) in [6, 6.07) is 5.59. The van der Waals surface area contributed by atoms with Gasteiger partial charge in [-0.2, -0.15) is 9.29 Å². The van der Waals surface area contributed by atoms with Gasteiger partial charge in [0.15, 0.2) is 5.82 Å². The molecule has 0 saturated carbocycles. The van der Waals surface area contributed by atoms with Crippen molar-refractivity contribution in [2.75, 3.05) is 26.8 Å². The van der Waals surface area contributed by atoms with Gasteiger partial charge in [-0.15, -0.1) is 0 Å². The number of aryl methyl sites for hydroxylation is 3. The fourth-order valence-electron chi connectivity index (χ4n) is 4.46. The van der Waals surface area contributed by atoms with Gasteiger partial charge in [0, 0.05) is 39.1 Å². The lowest BCUT2D eigenvalue weighted by atomic mass is 9.77. The van der Waals surface area contributed by atoms with E-state index in [-0.39, 0.29) is 0 Å². The zero-order valence-corrected chi connectivity index (χ0v) is 17.3. The summed E-state index contributed by atoms with van der Waals surface area (Å²) in [5.74, 6) is 1.07. The van der Waals surface area contributed by atoms with Crippen molar-refractivity contribution in [3.63, 3.8) is 0 Å². The van der Waals surface area contributed by atoms with Crippen molar-refractivity contribution in [2.24, 2.45) is 0 Å². The quantitative estimate of drug-likeness (QED) is 0.734. The first-order valence-electron chi connectivity index (χ1n) is 9.86. The molecular formula is C20H27N3O4S. The van der Waals surface area contributed by atoms with Crippen molar-refractivity contribution in [2.45, 2.75) is 55.8 Å². The third-order valence-electron chi connectivity index (χ3n) is 6.04. The van der Waals surface area contributed by atoms with E-state index in [1.54, 1.807) is 24.4 Å². The Hall–Kier alpha value is -1.77. The highest BCUT2D eigenvalue weighted by Crippen LogP contribution is 2.38. The number of hydrogen-bond acceptors (Lipinski definition) is 6. The summed E-state index contributed by atoms with van der Waals surface area (Å²) in [6.45, 7) is 3.11. The van der Waals surface area contributed by atoms with Gasteiger partial charge in [0.05, 0.1) is 4.90 Å². The number of aromatic nitrogens is 2. The number of nitrogens with zero attached hydrogens (tertiary/aromatic N) is 3. The molecule has 1 unspecified atom stereocenters. The maximum absolute atomic E-state index is 13.4. The summed E-state index contributed by atoms with van der Waals surface area (Å²) in [7, 11) is -1.92. The van der Waals surface area contributed by atoms with Crippen LogP contribution in [0.4, 0.5) is 0 Å². The second-order valence-corrected chi connectivity index (χ2v) is 9.82. The zero-order chi connectivity index (χ0) is 19.8. The molecule has 0 bridgehead atoms. The minimum atomic E-state index is -3.57. The first-order valence-corrected chi connectivity index (χ1v) is 11.3. The lowest BCUT2D eigenvalue weighted by Crippen LogP contribution is -2.49. The average Bonchev–Trinajstić information content (AvgIpc) is 3.35. The van der Waals surface area contributed by atoms with E-state index in [9.17, 15) is 8.42 Å². The minimum absolute atomic E-state index is 0.342. The number of methoxy groups -OCH3 is 1. The van der Waals surface area contributed by atoms with Gasteiger partial charge in [-0.1, -0.05) is 11.2 Å². The van der Waals surface area contributed by atoms with E-state index in [1.807, 2.05) is 12.1 Å². The molecule has 1 aromatic carbocycles. The van der Waals surface area contributed by atoms with Crippen LogP contribution in [0, 0.1) is 6.92 Å². The molecule has 152 valence electrons. The average molecular weight is 406 g/mol. The van der Waals surface area contributed by atoms with E-state index < -0.39 is 15.4 Å². The van der Waals surface area contributed by atoms with Crippen LogP contribution in [0.5, 0.6) is 0 Å². The van der Waals surface area contributed by atoms with Gasteiger partial charge in [-0.05, 0) is 61.8 Å². The highest BCUT2D eigenvalue weighted by molar-refractivity contribution is 7.89. The van der Waals surface area contributed by atoms with Crippen LogP contribution in [0.15, 0.2) is 27.6 Å². The van der Waals surface area contributed by atoms with E-state index in [0.29, 0.717) is 42.7 Å². The minimum Gasteiger partial charge on any atom is -0.385 e. The Morgan fingerprint density at radius 1 is 1.25 bits per heavy atom. The number of fused-ring (bicyclic) bond motifs is 1. The van der Waals surface area contributed by atoms with E-state index in [4.69, 9.17) is 9.26 Å². The zero-order valence-electron chi connectivity index (χ0n) is 16.5. The molecule has 0 amide bonds. The largest absolute Gasteiger partial charge is 0.385 e. The van der Waals surface area contributed by atoms with Gasteiger partial charge in [0.2, 0.25) is 15.9 Å². The summed E-state index contributed by atoms with van der Waals surface area (Å²) in [4.78, 5) is 4.83. The van der Waals surface area contributed by atoms with Gasteiger partial charge in [-0.3, -0.25) is 0 Å². The molecule has 0 radical (unpaired) electrons. The van der Waals surface area contributed by atoms with Crippen LogP contribution in [0.2, 0.25) is 0 Å². The van der Waals surface area contributed by atoms with Crippen LogP contribution in [-0.2, 0) is 33.0 Å². The van der Waals surface area contributed by atoms with Gasteiger partial charge in [0.25, 0.3) is 0 Å². The van der Waals surface area contributed by atoms with Crippen molar-refractivity contribution in [1.82, 2.24) is 14.4 Å². The summed E-state index contributed by atoms with van der Waals surface area (Å²) < 4.78 is 38.9. The van der Waals surface area contributed by atoms with Gasteiger partial charge in [0.1, 0.15) is 0 Å². The highest BCUT2D eigenvalue weighted by atomic mass is 32.2. The molecule has 8 heteroatoms. The molecule has 0 N–H and O–H groups in total. The molecule has 2 heterocycles. The van der Waals surface area contributed by atoms with Crippen LogP contribution in [-0.4, -0.2) is 49.7 Å². The molecule has 28 heavy (non-hydrogen) atoms. The topological polar surface area (TPSA) is 85.5 Å². The summed E-state index contributed by atoms with van der Waals surface area (Å²) in [6.07, 6.45) is 5.31. The van der Waals surface area contributed by atoms with Crippen LogP contribution < -0.4 is 0 Å². The second-order valence-electron chi connectivity index (χ2n) is 7.89. The molecule has 1 fully saturated rings. The first-order chi connectivity index (χ1) is 13.4. The van der Waals surface area contributed by atoms with E-state index in [2.05, 4.69) is 10.1 Å². The Kier molecular flexibility index (Phi) is 5.28. The normalized spacial score (nSPS) is 23.1. The van der Waals surface area contributed by atoms with E-state index >= 15 is 0 Å². The van der Waals surface area contributed by atoms with Gasteiger partial charge >= 0.3 is 0 Å². The Morgan fingerprint density at radius 3 is 2.82 bits per heavy atom. The molecule has 1 atom stereocenters. The first kappa shape index (κ1) is 19.5. The second kappa shape index (κ2) is 7.57. The molecule has 7 nitrogen and oxygen atoms in total. The molecule has 0 spiro atoms. The van der Waals surface area contributed by atoms with Crippen molar-refractivity contribution in [1.29, 1.82) is 0 Å². The van der Waals surface area contributed by atoms with E-state index in [1.165, 1.54) is 5.56 Å². The summed E-state index contributed by atoms with van der Waals surface area (Å²) >= 11 is 0. The molecular weight excluding hydrogens is 378 g/mol. The number of sulfonamides is 1. The number of benzene rings is 1. The molecule has 1 aliphatic heterocycles. The highest BCUT2D eigenvalue weighted by Gasteiger charge is 2.44. The molecule has 2 aromatic rings. The molecule has 4 rings (SSSR count). The fourth-order valence-corrected chi connectivity index (χ4v) is 6.08. The van der Waals surface area contributed by atoms with Crippen molar-refractivity contribution >= 4 is 10.0 Å². The third-order valence-corrected chi connectivity index (χ3v) is 7.88. The fraction of sp³-hybridized carbons (Fsp3) is 0.600. The number of hydrogen-bond donors (Lipinski definition) is 0. The SMILES string of the molecule is COCCC1(c2noc(C)n2)CCCN(S(=O)(=O)c2ccc3c(c2)CCC3)C1. The standard InChI is InChI=1S/C20H27N3O4S/c1-15-21-19(22-27-15)20(10-12-26-2)9-4-11-23(14-20)28(24,25)18-8-7-16-5-3-6-17(16)13-18/h7-8,13H,3-6,9-12,14H2,1-2H3. The number of piperidine rings is 1. The van der Waals surface area contributed by atoms with Crippen LogP contribution in [0.1, 0.15) is 48.5 Å². The van der Waals surface area contributed by atoms with Crippen LogP contribution in [0.25, 0.3) is 0 Å². The Morgan fingerprint density at radius 2 is 2.07 bits per heavy atom. The lowest BCUT2D eigenvalue weighted by Gasteiger charge is -2.40. The third kappa shape index (κ3) is 3.49. The predicted molar refractivity (Wildman–Crippen MR) is 104 cm³/mol. The Bertz CT molecular complexity index is 956. The van der Waals surface area contributed by atoms with Crippen LogP contribution >= 0.6 is 0 Å². The van der Waals surface area contributed by atoms with Crippen molar-refractivity contribution in [3.05, 3.63) is 41.0 Å². The number of ether oxygens (including phenoxy) is 1. The van der Waals surface area contributed by atoms with Crippen molar-refractivity contribution in [3.8, 4) is 0 Å². The van der Waals surface area contributed by atoms with E-state index in [0.717, 1.165) is 37.7 Å². The lowest BCUT2D eigenvalue weighted by molar-refractivity contribution is 0.128. The Balaban J connectivity index is 1.66. The molecule has 1 aliphatic carbocycles. The maximum Gasteiger partial charge on any atom is 0.243 e. The number of rotatable bonds is 6.